The van der Waals surface area contributed by atoms with Crippen LogP contribution >= 0.6 is 35.6 Å². The van der Waals surface area contributed by atoms with Crippen LogP contribution in [-0.4, -0.2) is 39.3 Å². The van der Waals surface area contributed by atoms with Crippen LogP contribution in [0.25, 0.3) is 6.08 Å². The Morgan fingerprint density at radius 2 is 2.06 bits per heavy atom. The number of hydrogen-bond acceptors (Lipinski definition) is 6. The Morgan fingerprint density at radius 1 is 1.32 bits per heavy atom. The summed E-state index contributed by atoms with van der Waals surface area (Å²) in [4.78, 5) is 26.4. The maximum Gasteiger partial charge on any atom is 0.387 e. The van der Waals surface area contributed by atoms with Crippen LogP contribution in [-0.2, 0) is 9.59 Å². The third-order valence-electron chi connectivity index (χ3n) is 4.09. The van der Waals surface area contributed by atoms with Gasteiger partial charge in [0.1, 0.15) is 15.8 Å². The van der Waals surface area contributed by atoms with E-state index in [0.717, 1.165) is 11.8 Å². The van der Waals surface area contributed by atoms with E-state index >= 15 is 0 Å². The first kappa shape index (κ1) is 23.0. The van der Waals surface area contributed by atoms with E-state index < -0.39 is 18.4 Å². The highest BCUT2D eigenvalue weighted by Gasteiger charge is 2.32. The Labute approximate surface area is 190 Å². The molecule has 2 amide bonds. The molecule has 0 bridgehead atoms. The van der Waals surface area contributed by atoms with E-state index in [9.17, 15) is 23.5 Å². The number of nitrogens with one attached hydrogen (secondary N) is 1. The average molecular weight is 485 g/mol. The first-order valence-electron chi connectivity index (χ1n) is 8.82. The van der Waals surface area contributed by atoms with Crippen molar-refractivity contribution in [2.75, 3.05) is 11.9 Å². The molecule has 2 aromatic carbocycles. The second-order valence-electron chi connectivity index (χ2n) is 6.21. The number of carbonyl (C=O) groups is 2. The number of amides is 2. The minimum Gasteiger partial charge on any atom is -0.506 e. The van der Waals surface area contributed by atoms with Gasteiger partial charge in [-0.15, -0.1) is 0 Å². The van der Waals surface area contributed by atoms with E-state index in [2.05, 4.69) is 10.1 Å². The van der Waals surface area contributed by atoms with Crippen LogP contribution in [0.3, 0.4) is 0 Å². The number of rotatable bonds is 7. The molecule has 0 spiro atoms. The summed E-state index contributed by atoms with van der Waals surface area (Å²) in [7, 11) is 0. The molecule has 3 rings (SSSR count). The van der Waals surface area contributed by atoms with Gasteiger partial charge in [0.2, 0.25) is 5.91 Å². The number of aromatic hydroxyl groups is 1. The molecule has 0 aromatic heterocycles. The summed E-state index contributed by atoms with van der Waals surface area (Å²) in [6, 6.07) is 10.3. The molecule has 1 fully saturated rings. The predicted octanol–water partition coefficient (Wildman–Crippen LogP) is 4.88. The van der Waals surface area contributed by atoms with Crippen LogP contribution in [0.2, 0.25) is 5.02 Å². The van der Waals surface area contributed by atoms with Crippen LogP contribution in [0.1, 0.15) is 12.0 Å². The van der Waals surface area contributed by atoms with Crippen LogP contribution in [0, 0.1) is 0 Å². The van der Waals surface area contributed by atoms with Crippen LogP contribution in [0.5, 0.6) is 11.5 Å². The molecular formula is C20H15ClF2N2O4S2. The molecule has 2 N–H and O–H groups in total. The van der Waals surface area contributed by atoms with Crippen LogP contribution in [0.4, 0.5) is 14.5 Å². The summed E-state index contributed by atoms with van der Waals surface area (Å²) in [5.74, 6) is -1.11. The van der Waals surface area contributed by atoms with Gasteiger partial charge in [-0.05, 0) is 30.3 Å². The second-order valence-corrected chi connectivity index (χ2v) is 8.32. The Morgan fingerprint density at radius 3 is 2.81 bits per heavy atom. The van der Waals surface area contributed by atoms with E-state index in [0.29, 0.717) is 10.6 Å². The molecule has 11 heteroatoms. The number of halogens is 3. The topological polar surface area (TPSA) is 78.9 Å². The molecule has 31 heavy (non-hydrogen) atoms. The molecule has 6 nitrogen and oxygen atoms in total. The summed E-state index contributed by atoms with van der Waals surface area (Å²) in [6.45, 7) is -2.99. The molecule has 0 saturated carbocycles. The number of ether oxygens (including phenoxy) is 1. The van der Waals surface area contributed by atoms with Gasteiger partial charge < -0.3 is 15.2 Å². The van der Waals surface area contributed by atoms with Crippen molar-refractivity contribution in [1.82, 2.24) is 4.90 Å². The number of hydrogen-bond donors (Lipinski definition) is 2. The number of para-hydroxylation sites is 1. The molecule has 1 saturated heterocycles. The van der Waals surface area contributed by atoms with E-state index in [1.165, 1.54) is 47.4 Å². The van der Waals surface area contributed by atoms with Gasteiger partial charge in [0, 0.05) is 23.6 Å². The molecule has 0 atom stereocenters. The van der Waals surface area contributed by atoms with Crippen molar-refractivity contribution in [3.63, 3.8) is 0 Å². The van der Waals surface area contributed by atoms with Gasteiger partial charge >= 0.3 is 6.61 Å². The largest absolute Gasteiger partial charge is 0.506 e. The lowest BCUT2D eigenvalue weighted by Crippen LogP contribution is -2.31. The molecule has 1 aliphatic heterocycles. The number of phenols is 1. The summed E-state index contributed by atoms with van der Waals surface area (Å²) >= 11 is 12.1. The predicted molar refractivity (Wildman–Crippen MR) is 119 cm³/mol. The lowest BCUT2D eigenvalue weighted by atomic mass is 10.2. The van der Waals surface area contributed by atoms with Gasteiger partial charge in [0.05, 0.1) is 10.6 Å². The zero-order valence-corrected chi connectivity index (χ0v) is 18.1. The fourth-order valence-electron chi connectivity index (χ4n) is 2.67. The fourth-order valence-corrected chi connectivity index (χ4v) is 4.14. The van der Waals surface area contributed by atoms with Crippen molar-refractivity contribution in [2.45, 2.75) is 13.0 Å². The summed E-state index contributed by atoms with van der Waals surface area (Å²) in [6.07, 6.45) is 1.33. The molecule has 0 unspecified atom stereocenters. The SMILES string of the molecule is O=C(CCN1C(=O)/C(=C/c2ccccc2OC(F)F)SC1=S)Nc1cc(Cl)ccc1O. The Hall–Kier alpha value is -2.69. The van der Waals surface area contributed by atoms with Gasteiger partial charge in [-0.1, -0.05) is 53.8 Å². The number of thioether (sulfide) groups is 1. The number of anilines is 1. The smallest absolute Gasteiger partial charge is 0.387 e. The maximum absolute atomic E-state index is 12.7. The Kier molecular flexibility index (Phi) is 7.47. The van der Waals surface area contributed by atoms with Crippen LogP contribution < -0.4 is 10.1 Å². The summed E-state index contributed by atoms with van der Waals surface area (Å²) in [5, 5.41) is 12.6. The Balaban J connectivity index is 1.66. The zero-order valence-electron chi connectivity index (χ0n) is 15.7. The minimum absolute atomic E-state index is 0.00431. The van der Waals surface area contributed by atoms with Crippen molar-refractivity contribution in [1.29, 1.82) is 0 Å². The zero-order chi connectivity index (χ0) is 22.5. The van der Waals surface area contributed by atoms with Crippen molar-refractivity contribution in [2.24, 2.45) is 0 Å². The molecule has 162 valence electrons. The third-order valence-corrected chi connectivity index (χ3v) is 5.70. The number of thiocarbonyl (C=S) groups is 1. The molecule has 1 aliphatic rings. The third kappa shape index (κ3) is 5.93. The van der Waals surface area contributed by atoms with Crippen molar-refractivity contribution < 1.29 is 28.2 Å². The van der Waals surface area contributed by atoms with E-state index in [1.807, 2.05) is 0 Å². The highest BCUT2D eigenvalue weighted by molar-refractivity contribution is 8.26. The minimum atomic E-state index is -3.00. The number of benzene rings is 2. The number of phenolic OH excluding ortho intramolecular Hbond substituents is 1. The molecule has 2 aromatic rings. The summed E-state index contributed by atoms with van der Waals surface area (Å²) in [5.41, 5.74) is 0.455. The lowest BCUT2D eigenvalue weighted by Gasteiger charge is -2.14. The highest BCUT2D eigenvalue weighted by Crippen LogP contribution is 2.34. The molecular weight excluding hydrogens is 470 g/mol. The number of alkyl halides is 2. The van der Waals surface area contributed by atoms with Gasteiger partial charge in [-0.3, -0.25) is 14.5 Å². The van der Waals surface area contributed by atoms with E-state index in [4.69, 9.17) is 23.8 Å². The molecule has 0 aliphatic carbocycles. The molecule has 1 heterocycles. The average Bonchev–Trinajstić information content (AvgIpc) is 2.97. The van der Waals surface area contributed by atoms with Crippen molar-refractivity contribution in [3.05, 3.63) is 58.0 Å². The van der Waals surface area contributed by atoms with E-state index in [1.54, 1.807) is 6.07 Å². The van der Waals surface area contributed by atoms with Crippen molar-refractivity contribution >= 4 is 63.5 Å². The highest BCUT2D eigenvalue weighted by atomic mass is 35.5. The van der Waals surface area contributed by atoms with Gasteiger partial charge in [0.15, 0.2) is 0 Å². The molecule has 0 radical (unpaired) electrons. The standard InChI is InChI=1S/C20H15ClF2N2O4S2/c21-12-5-6-14(26)13(10-12)24-17(27)7-8-25-18(28)16(31-20(25)30)9-11-3-1-2-4-15(11)29-19(22)23/h1-6,9-10,19,26H,7-8H2,(H,24,27)/b16-9-. The van der Waals surface area contributed by atoms with Crippen molar-refractivity contribution in [3.8, 4) is 11.5 Å². The van der Waals surface area contributed by atoms with Gasteiger partial charge in [-0.25, -0.2) is 0 Å². The van der Waals surface area contributed by atoms with E-state index in [-0.39, 0.29) is 39.4 Å². The summed E-state index contributed by atoms with van der Waals surface area (Å²) < 4.78 is 29.9. The fraction of sp³-hybridized carbons (Fsp3) is 0.150. The van der Waals surface area contributed by atoms with Gasteiger partial charge in [0.25, 0.3) is 5.91 Å². The first-order chi connectivity index (χ1) is 14.7. The van der Waals surface area contributed by atoms with Gasteiger partial charge in [-0.2, -0.15) is 8.78 Å². The monoisotopic (exact) mass is 484 g/mol. The number of carbonyl (C=O) groups excluding carboxylic acids is 2. The lowest BCUT2D eigenvalue weighted by molar-refractivity contribution is -0.122. The second kappa shape index (κ2) is 10.1. The quantitative estimate of drug-likeness (QED) is 0.331. The Bertz CT molecular complexity index is 1070. The normalized spacial score (nSPS) is 15.1. The maximum atomic E-state index is 12.7. The van der Waals surface area contributed by atoms with Crippen LogP contribution in [0.15, 0.2) is 47.4 Å². The number of nitrogens with zero attached hydrogens (tertiary/aromatic N) is 1. The first-order valence-corrected chi connectivity index (χ1v) is 10.4.